The molecule has 1 aliphatic heterocycles. The molecule has 1 N–H and O–H groups in total. The SMILES string of the molecule is C=CC(=O)N[C@@H]1CC(C)(C)OC1(C)C. The molecule has 0 aromatic carbocycles. The van der Waals surface area contributed by atoms with E-state index in [4.69, 9.17) is 4.74 Å². The van der Waals surface area contributed by atoms with E-state index in [0.29, 0.717) is 0 Å². The van der Waals surface area contributed by atoms with Gasteiger partial charge in [-0.15, -0.1) is 0 Å². The summed E-state index contributed by atoms with van der Waals surface area (Å²) in [6.45, 7) is 11.5. The Morgan fingerprint density at radius 2 is 2.07 bits per heavy atom. The van der Waals surface area contributed by atoms with Crippen LogP contribution in [-0.2, 0) is 9.53 Å². The first-order valence-corrected chi connectivity index (χ1v) is 4.90. The van der Waals surface area contributed by atoms with Crippen molar-refractivity contribution in [1.82, 2.24) is 5.32 Å². The molecule has 0 aromatic heterocycles. The maximum absolute atomic E-state index is 11.2. The van der Waals surface area contributed by atoms with Crippen LogP contribution in [0.3, 0.4) is 0 Å². The minimum absolute atomic E-state index is 0.0583. The van der Waals surface area contributed by atoms with Gasteiger partial charge in [0.05, 0.1) is 17.2 Å². The third-order valence-electron chi connectivity index (χ3n) is 2.58. The summed E-state index contributed by atoms with van der Waals surface area (Å²) in [5.41, 5.74) is -0.467. The standard InChI is InChI=1S/C11H19NO2/c1-6-9(13)12-8-7-10(2,3)14-11(8,4)5/h6,8H,1,7H2,2-5H3,(H,12,13)/t8-/m1/s1. The Labute approximate surface area is 85.5 Å². The molecule has 0 radical (unpaired) electrons. The number of carbonyl (C=O) groups excluding carboxylic acids is 1. The minimum Gasteiger partial charge on any atom is -0.367 e. The van der Waals surface area contributed by atoms with Gasteiger partial charge in [0.25, 0.3) is 0 Å². The molecular formula is C11H19NO2. The molecule has 1 atom stereocenters. The largest absolute Gasteiger partial charge is 0.367 e. The smallest absolute Gasteiger partial charge is 0.243 e. The van der Waals surface area contributed by atoms with Crippen molar-refractivity contribution in [2.24, 2.45) is 0 Å². The summed E-state index contributed by atoms with van der Waals surface area (Å²) in [5.74, 6) is -0.135. The van der Waals surface area contributed by atoms with Crippen LogP contribution >= 0.6 is 0 Å². The zero-order valence-electron chi connectivity index (χ0n) is 9.39. The average molecular weight is 197 g/mol. The molecule has 0 saturated carbocycles. The van der Waals surface area contributed by atoms with Crippen LogP contribution in [-0.4, -0.2) is 23.2 Å². The van der Waals surface area contributed by atoms with Gasteiger partial charge in [-0.3, -0.25) is 4.79 Å². The number of amides is 1. The summed E-state index contributed by atoms with van der Waals surface area (Å²) in [6.07, 6.45) is 2.13. The first-order chi connectivity index (χ1) is 6.27. The van der Waals surface area contributed by atoms with E-state index in [1.807, 2.05) is 27.7 Å². The lowest BCUT2D eigenvalue weighted by Crippen LogP contribution is -2.45. The van der Waals surface area contributed by atoms with E-state index in [0.717, 1.165) is 6.42 Å². The van der Waals surface area contributed by atoms with Gasteiger partial charge < -0.3 is 10.1 Å². The maximum Gasteiger partial charge on any atom is 0.243 e. The minimum atomic E-state index is -0.303. The van der Waals surface area contributed by atoms with Gasteiger partial charge in [-0.25, -0.2) is 0 Å². The highest BCUT2D eigenvalue weighted by Gasteiger charge is 2.46. The van der Waals surface area contributed by atoms with Crippen LogP contribution in [0.2, 0.25) is 0 Å². The molecule has 0 spiro atoms. The Kier molecular flexibility index (Phi) is 2.72. The molecule has 14 heavy (non-hydrogen) atoms. The third-order valence-corrected chi connectivity index (χ3v) is 2.58. The van der Waals surface area contributed by atoms with Crippen molar-refractivity contribution in [2.45, 2.75) is 51.4 Å². The Morgan fingerprint density at radius 1 is 1.50 bits per heavy atom. The molecule has 1 saturated heterocycles. The monoisotopic (exact) mass is 197 g/mol. The molecular weight excluding hydrogens is 178 g/mol. The molecule has 1 heterocycles. The predicted octanol–water partition coefficient (Wildman–Crippen LogP) is 1.63. The van der Waals surface area contributed by atoms with E-state index in [2.05, 4.69) is 11.9 Å². The molecule has 80 valence electrons. The third kappa shape index (κ3) is 2.35. The van der Waals surface area contributed by atoms with Crippen molar-refractivity contribution in [3.8, 4) is 0 Å². The van der Waals surface area contributed by atoms with E-state index in [-0.39, 0.29) is 23.2 Å². The second-order valence-corrected chi connectivity index (χ2v) is 4.93. The number of ether oxygens (including phenoxy) is 1. The number of nitrogens with one attached hydrogen (secondary N) is 1. The highest BCUT2D eigenvalue weighted by molar-refractivity contribution is 5.87. The van der Waals surface area contributed by atoms with E-state index < -0.39 is 0 Å². The molecule has 3 heteroatoms. The van der Waals surface area contributed by atoms with Gasteiger partial charge in [-0.1, -0.05) is 6.58 Å². The highest BCUT2D eigenvalue weighted by atomic mass is 16.5. The first kappa shape index (κ1) is 11.2. The van der Waals surface area contributed by atoms with Gasteiger partial charge in [0.1, 0.15) is 0 Å². The normalized spacial score (nSPS) is 28.4. The van der Waals surface area contributed by atoms with E-state index in [1.54, 1.807) is 0 Å². The second-order valence-electron chi connectivity index (χ2n) is 4.93. The summed E-state index contributed by atoms with van der Waals surface area (Å²) in [7, 11) is 0. The Balaban J connectivity index is 2.70. The van der Waals surface area contributed by atoms with E-state index in [1.165, 1.54) is 6.08 Å². The molecule has 1 amide bonds. The maximum atomic E-state index is 11.2. The van der Waals surface area contributed by atoms with Crippen molar-refractivity contribution in [3.63, 3.8) is 0 Å². The van der Waals surface area contributed by atoms with Crippen LogP contribution < -0.4 is 5.32 Å². The van der Waals surface area contributed by atoms with Gasteiger partial charge in [-0.2, -0.15) is 0 Å². The fourth-order valence-corrected chi connectivity index (χ4v) is 2.02. The molecule has 0 aromatic rings. The molecule has 0 aliphatic carbocycles. The van der Waals surface area contributed by atoms with Crippen molar-refractivity contribution in [1.29, 1.82) is 0 Å². The summed E-state index contributed by atoms with van der Waals surface area (Å²) in [5, 5.41) is 2.89. The van der Waals surface area contributed by atoms with Gasteiger partial charge in [0, 0.05) is 0 Å². The first-order valence-electron chi connectivity index (χ1n) is 4.90. The summed E-state index contributed by atoms with van der Waals surface area (Å²) in [6, 6.07) is 0.0583. The summed E-state index contributed by atoms with van der Waals surface area (Å²) in [4.78, 5) is 11.2. The second kappa shape index (κ2) is 3.39. The van der Waals surface area contributed by atoms with Crippen LogP contribution in [0.15, 0.2) is 12.7 Å². The summed E-state index contributed by atoms with van der Waals surface area (Å²) >= 11 is 0. The number of carbonyl (C=O) groups is 1. The van der Waals surface area contributed by atoms with Gasteiger partial charge in [0.2, 0.25) is 5.91 Å². The zero-order chi connectivity index (χ0) is 11.0. The van der Waals surface area contributed by atoms with Crippen molar-refractivity contribution < 1.29 is 9.53 Å². The van der Waals surface area contributed by atoms with Gasteiger partial charge >= 0.3 is 0 Å². The number of hydrogen-bond donors (Lipinski definition) is 1. The summed E-state index contributed by atoms with van der Waals surface area (Å²) < 4.78 is 5.85. The van der Waals surface area contributed by atoms with Crippen LogP contribution in [0.4, 0.5) is 0 Å². The van der Waals surface area contributed by atoms with Gasteiger partial charge in [-0.05, 0) is 40.2 Å². The molecule has 0 bridgehead atoms. The fraction of sp³-hybridized carbons (Fsp3) is 0.727. The van der Waals surface area contributed by atoms with Gasteiger partial charge in [0.15, 0.2) is 0 Å². The van der Waals surface area contributed by atoms with Crippen LogP contribution in [0, 0.1) is 0 Å². The van der Waals surface area contributed by atoms with Crippen molar-refractivity contribution >= 4 is 5.91 Å². The Morgan fingerprint density at radius 3 is 2.43 bits per heavy atom. The molecule has 0 unspecified atom stereocenters. The van der Waals surface area contributed by atoms with Crippen LogP contribution in [0.5, 0.6) is 0 Å². The molecule has 1 aliphatic rings. The Hall–Kier alpha value is -0.830. The average Bonchev–Trinajstić information content (AvgIpc) is 2.19. The lowest BCUT2D eigenvalue weighted by molar-refractivity contribution is -0.119. The van der Waals surface area contributed by atoms with Crippen LogP contribution in [0.1, 0.15) is 34.1 Å². The predicted molar refractivity (Wildman–Crippen MR) is 56.0 cm³/mol. The molecule has 1 fully saturated rings. The zero-order valence-corrected chi connectivity index (χ0v) is 9.39. The lowest BCUT2D eigenvalue weighted by atomic mass is 9.94. The van der Waals surface area contributed by atoms with E-state index >= 15 is 0 Å². The highest BCUT2D eigenvalue weighted by Crippen LogP contribution is 2.37. The lowest BCUT2D eigenvalue weighted by Gasteiger charge is -2.27. The molecule has 3 nitrogen and oxygen atoms in total. The number of rotatable bonds is 2. The number of hydrogen-bond acceptors (Lipinski definition) is 2. The van der Waals surface area contributed by atoms with Crippen LogP contribution in [0.25, 0.3) is 0 Å². The fourth-order valence-electron chi connectivity index (χ4n) is 2.02. The Bertz CT molecular complexity index is 256. The van der Waals surface area contributed by atoms with E-state index in [9.17, 15) is 4.79 Å². The quantitative estimate of drug-likeness (QED) is 0.683. The van der Waals surface area contributed by atoms with Crippen molar-refractivity contribution in [2.75, 3.05) is 0 Å². The topological polar surface area (TPSA) is 38.3 Å². The van der Waals surface area contributed by atoms with Crippen molar-refractivity contribution in [3.05, 3.63) is 12.7 Å². The molecule has 1 rings (SSSR count).